The van der Waals surface area contributed by atoms with Crippen LogP contribution < -0.4 is 0 Å². The summed E-state index contributed by atoms with van der Waals surface area (Å²) in [6, 6.07) is 4.84. The molecule has 0 amide bonds. The summed E-state index contributed by atoms with van der Waals surface area (Å²) in [6.45, 7) is 1.62. The summed E-state index contributed by atoms with van der Waals surface area (Å²) < 4.78 is 13.4. The highest BCUT2D eigenvalue weighted by Crippen LogP contribution is 2.34. The van der Waals surface area contributed by atoms with Crippen molar-refractivity contribution in [2.24, 2.45) is 5.92 Å². The molecule has 0 spiro atoms. The van der Waals surface area contributed by atoms with Crippen LogP contribution >= 0.6 is 11.6 Å². The number of likely N-dealkylation sites (tertiary alicyclic amines) is 1. The van der Waals surface area contributed by atoms with E-state index < -0.39 is 0 Å². The minimum absolute atomic E-state index is 0.178. The van der Waals surface area contributed by atoms with Crippen LogP contribution in [0, 0.1) is 11.7 Å². The van der Waals surface area contributed by atoms with Crippen molar-refractivity contribution in [1.29, 1.82) is 0 Å². The SMILES string of the molecule is O=C1CCCC1C1CCCCN1Cc1cc(F)ccc1Cl. The van der Waals surface area contributed by atoms with Crippen molar-refractivity contribution in [3.05, 3.63) is 34.6 Å². The zero-order chi connectivity index (χ0) is 14.8. The maximum Gasteiger partial charge on any atom is 0.137 e. The van der Waals surface area contributed by atoms with Crippen LogP contribution in [0.15, 0.2) is 18.2 Å². The lowest BCUT2D eigenvalue weighted by Crippen LogP contribution is -2.44. The molecule has 2 nitrogen and oxygen atoms in total. The molecule has 1 saturated heterocycles. The Hall–Kier alpha value is -0.930. The van der Waals surface area contributed by atoms with E-state index in [1.165, 1.54) is 18.6 Å². The summed E-state index contributed by atoms with van der Waals surface area (Å²) in [7, 11) is 0. The third kappa shape index (κ3) is 3.29. The van der Waals surface area contributed by atoms with E-state index in [9.17, 15) is 9.18 Å². The van der Waals surface area contributed by atoms with Gasteiger partial charge in [0.2, 0.25) is 0 Å². The third-order valence-corrected chi connectivity index (χ3v) is 5.23. The number of benzene rings is 1. The van der Waals surface area contributed by atoms with Crippen LogP contribution in [-0.2, 0) is 11.3 Å². The summed E-state index contributed by atoms with van der Waals surface area (Å²) in [4.78, 5) is 14.4. The van der Waals surface area contributed by atoms with E-state index >= 15 is 0 Å². The van der Waals surface area contributed by atoms with Crippen LogP contribution in [0.2, 0.25) is 5.02 Å². The van der Waals surface area contributed by atoms with Crippen LogP contribution in [0.5, 0.6) is 0 Å². The molecule has 0 bridgehead atoms. The maximum absolute atomic E-state index is 13.4. The molecule has 1 aromatic rings. The Labute approximate surface area is 130 Å². The average Bonchev–Trinajstić information content (AvgIpc) is 2.90. The van der Waals surface area contributed by atoms with Gasteiger partial charge < -0.3 is 0 Å². The number of carbonyl (C=O) groups excluding carboxylic acids is 1. The Morgan fingerprint density at radius 3 is 2.86 bits per heavy atom. The van der Waals surface area contributed by atoms with Gasteiger partial charge in [0, 0.05) is 29.9 Å². The van der Waals surface area contributed by atoms with E-state index in [0.717, 1.165) is 44.2 Å². The predicted molar refractivity (Wildman–Crippen MR) is 81.8 cm³/mol. The largest absolute Gasteiger partial charge is 0.299 e. The zero-order valence-electron chi connectivity index (χ0n) is 12.2. The summed E-state index contributed by atoms with van der Waals surface area (Å²) in [5.74, 6) is 0.342. The van der Waals surface area contributed by atoms with Crippen molar-refractivity contribution >= 4 is 17.4 Å². The summed E-state index contributed by atoms with van der Waals surface area (Å²) >= 11 is 6.19. The first-order valence-electron chi connectivity index (χ1n) is 7.86. The fraction of sp³-hybridized carbons (Fsp3) is 0.588. The highest BCUT2D eigenvalue weighted by Gasteiger charge is 2.36. The van der Waals surface area contributed by atoms with Crippen molar-refractivity contribution in [3.8, 4) is 0 Å². The second-order valence-corrected chi connectivity index (χ2v) is 6.64. The van der Waals surface area contributed by atoms with Crippen LogP contribution in [0.3, 0.4) is 0 Å². The molecule has 1 heterocycles. The maximum atomic E-state index is 13.4. The van der Waals surface area contributed by atoms with Gasteiger partial charge >= 0.3 is 0 Å². The molecule has 2 atom stereocenters. The molecule has 3 rings (SSSR count). The van der Waals surface area contributed by atoms with Gasteiger partial charge in [0.25, 0.3) is 0 Å². The highest BCUT2D eigenvalue weighted by atomic mass is 35.5. The topological polar surface area (TPSA) is 20.3 Å². The molecule has 0 N–H and O–H groups in total. The minimum Gasteiger partial charge on any atom is -0.299 e. The summed E-state index contributed by atoms with van der Waals surface area (Å²) in [5, 5.41) is 0.610. The van der Waals surface area contributed by atoms with Gasteiger partial charge in [-0.1, -0.05) is 18.0 Å². The van der Waals surface area contributed by atoms with Crippen LogP contribution in [0.1, 0.15) is 44.1 Å². The second-order valence-electron chi connectivity index (χ2n) is 6.23. The average molecular weight is 310 g/mol. The molecule has 114 valence electrons. The molecule has 2 unspecified atom stereocenters. The molecule has 4 heteroatoms. The molecule has 2 fully saturated rings. The van der Waals surface area contributed by atoms with Crippen molar-refractivity contribution in [2.75, 3.05) is 6.54 Å². The van der Waals surface area contributed by atoms with E-state index in [1.54, 1.807) is 6.07 Å². The molecular formula is C17H21ClFNO. The van der Waals surface area contributed by atoms with Crippen LogP contribution in [0.4, 0.5) is 4.39 Å². The fourth-order valence-electron chi connectivity index (χ4n) is 3.80. The molecule has 1 aliphatic heterocycles. The molecule has 0 radical (unpaired) electrons. The first kappa shape index (κ1) is 15.0. The van der Waals surface area contributed by atoms with Gasteiger partial charge in [-0.2, -0.15) is 0 Å². The lowest BCUT2D eigenvalue weighted by Gasteiger charge is -2.39. The first-order chi connectivity index (χ1) is 10.1. The number of piperidine rings is 1. The Morgan fingerprint density at radius 1 is 1.24 bits per heavy atom. The van der Waals surface area contributed by atoms with Gasteiger partial charge in [-0.25, -0.2) is 4.39 Å². The lowest BCUT2D eigenvalue weighted by atomic mass is 9.88. The number of hydrogen-bond acceptors (Lipinski definition) is 2. The van der Waals surface area contributed by atoms with Crippen LogP contribution in [-0.4, -0.2) is 23.3 Å². The quantitative estimate of drug-likeness (QED) is 0.834. The molecule has 0 aromatic heterocycles. The number of Topliss-reactive ketones (excluding diaryl/α,β-unsaturated/α-hetero) is 1. The molecular weight excluding hydrogens is 289 g/mol. The van der Waals surface area contributed by atoms with Crippen molar-refractivity contribution < 1.29 is 9.18 Å². The van der Waals surface area contributed by atoms with E-state index in [4.69, 9.17) is 11.6 Å². The first-order valence-corrected chi connectivity index (χ1v) is 8.23. The standard InChI is InChI=1S/C17H21ClFNO/c18-15-8-7-13(19)10-12(15)11-20-9-2-1-5-16(20)14-4-3-6-17(14)21/h7-8,10,14,16H,1-6,9,11H2. The Balaban J connectivity index is 1.78. The smallest absolute Gasteiger partial charge is 0.137 e. The number of ketones is 1. The zero-order valence-corrected chi connectivity index (χ0v) is 12.9. The summed E-state index contributed by atoms with van der Waals surface area (Å²) in [5.41, 5.74) is 0.828. The van der Waals surface area contributed by atoms with Crippen molar-refractivity contribution in [2.45, 2.75) is 51.1 Å². The second kappa shape index (κ2) is 6.45. The Morgan fingerprint density at radius 2 is 2.10 bits per heavy atom. The lowest BCUT2D eigenvalue weighted by molar-refractivity contribution is -0.123. The Bertz CT molecular complexity index is 534. The van der Waals surface area contributed by atoms with Crippen molar-refractivity contribution in [1.82, 2.24) is 4.90 Å². The monoisotopic (exact) mass is 309 g/mol. The van der Waals surface area contributed by atoms with E-state index in [-0.39, 0.29) is 11.7 Å². The number of hydrogen-bond donors (Lipinski definition) is 0. The van der Waals surface area contributed by atoms with Gasteiger partial charge in [0.15, 0.2) is 0 Å². The number of nitrogens with zero attached hydrogens (tertiary/aromatic N) is 1. The van der Waals surface area contributed by atoms with E-state index in [0.29, 0.717) is 23.4 Å². The van der Waals surface area contributed by atoms with Crippen molar-refractivity contribution in [3.63, 3.8) is 0 Å². The molecule has 1 saturated carbocycles. The normalized spacial score (nSPS) is 27.2. The molecule has 1 aromatic carbocycles. The van der Waals surface area contributed by atoms with E-state index in [2.05, 4.69) is 4.90 Å². The van der Waals surface area contributed by atoms with Gasteiger partial charge in [-0.05, 0) is 56.0 Å². The highest BCUT2D eigenvalue weighted by molar-refractivity contribution is 6.31. The fourth-order valence-corrected chi connectivity index (χ4v) is 3.98. The molecule has 21 heavy (non-hydrogen) atoms. The van der Waals surface area contributed by atoms with Gasteiger partial charge in [-0.3, -0.25) is 9.69 Å². The van der Waals surface area contributed by atoms with Gasteiger partial charge in [0.05, 0.1) is 0 Å². The molecule has 2 aliphatic rings. The van der Waals surface area contributed by atoms with Gasteiger partial charge in [0.1, 0.15) is 11.6 Å². The predicted octanol–water partition coefficient (Wildman–Crippen LogP) is 4.20. The van der Waals surface area contributed by atoms with Gasteiger partial charge in [-0.15, -0.1) is 0 Å². The number of carbonyl (C=O) groups is 1. The summed E-state index contributed by atoms with van der Waals surface area (Å²) in [6.07, 6.45) is 6.16. The molecule has 1 aliphatic carbocycles. The third-order valence-electron chi connectivity index (χ3n) is 4.86. The minimum atomic E-state index is -0.250. The van der Waals surface area contributed by atoms with E-state index in [1.807, 2.05) is 0 Å². The number of halogens is 2. The number of rotatable bonds is 3. The van der Waals surface area contributed by atoms with Crippen LogP contribution in [0.25, 0.3) is 0 Å². The Kier molecular flexibility index (Phi) is 4.60.